The highest BCUT2D eigenvalue weighted by molar-refractivity contribution is 5.82. The van der Waals surface area contributed by atoms with Crippen LogP contribution in [-0.2, 0) is 6.18 Å². The maximum atomic E-state index is 13.6. The van der Waals surface area contributed by atoms with Crippen LogP contribution < -0.4 is 15.8 Å². The summed E-state index contributed by atoms with van der Waals surface area (Å²) in [5, 5.41) is 10.8. The van der Waals surface area contributed by atoms with Crippen molar-refractivity contribution < 1.29 is 27.8 Å². The lowest BCUT2D eigenvalue weighted by atomic mass is 9.93. The molecule has 158 valence electrons. The van der Waals surface area contributed by atoms with Gasteiger partial charge in [-0.1, -0.05) is 13.8 Å². The predicted molar refractivity (Wildman–Crippen MR) is 102 cm³/mol. The summed E-state index contributed by atoms with van der Waals surface area (Å²) < 4.78 is 46.1. The van der Waals surface area contributed by atoms with E-state index in [9.17, 15) is 18.0 Å². The fraction of sp³-hybridized carbons (Fsp3) is 0.421. The van der Waals surface area contributed by atoms with Gasteiger partial charge < -0.3 is 15.6 Å². The minimum absolute atomic E-state index is 0.0172. The van der Waals surface area contributed by atoms with E-state index in [0.717, 1.165) is 6.07 Å². The monoisotopic (exact) mass is 412 g/mol. The third kappa shape index (κ3) is 6.60. The van der Waals surface area contributed by atoms with Gasteiger partial charge in [0.2, 0.25) is 5.88 Å². The summed E-state index contributed by atoms with van der Waals surface area (Å²) in [6.45, 7) is 5.51. The van der Waals surface area contributed by atoms with Gasteiger partial charge in [-0.05, 0) is 43.0 Å². The van der Waals surface area contributed by atoms with Crippen LogP contribution >= 0.6 is 0 Å². The molecule has 10 heteroatoms. The van der Waals surface area contributed by atoms with Gasteiger partial charge in [-0.15, -0.1) is 0 Å². The Labute approximate surface area is 166 Å². The maximum absolute atomic E-state index is 13.6. The molecular formula is C19H23F3N4O3. The van der Waals surface area contributed by atoms with Gasteiger partial charge >= 0.3 is 12.3 Å². The molecule has 2 aromatic rings. The van der Waals surface area contributed by atoms with Gasteiger partial charge in [0.15, 0.2) is 0 Å². The molecule has 7 nitrogen and oxygen atoms in total. The highest BCUT2D eigenvalue weighted by Crippen LogP contribution is 2.38. The van der Waals surface area contributed by atoms with Crippen molar-refractivity contribution in [3.05, 3.63) is 36.2 Å². The number of alkyl halides is 3. The molecule has 0 bridgehead atoms. The Balaban J connectivity index is 2.34. The average Bonchev–Trinajstić information content (AvgIpc) is 2.57. The lowest BCUT2D eigenvalue weighted by molar-refractivity contribution is -0.139. The van der Waals surface area contributed by atoms with E-state index in [1.807, 2.05) is 19.2 Å². The number of aromatic nitrogens is 2. The number of carbonyl (C=O) groups is 1. The first-order valence-corrected chi connectivity index (χ1v) is 8.83. The molecule has 2 rings (SSSR count). The largest absolute Gasteiger partial charge is 0.475 e. The molecule has 0 fully saturated rings. The zero-order valence-electron chi connectivity index (χ0n) is 16.2. The lowest BCUT2D eigenvalue weighted by Gasteiger charge is -2.27. The second kappa shape index (κ2) is 8.64. The Bertz CT molecular complexity index is 870. The zero-order valence-corrected chi connectivity index (χ0v) is 16.2. The maximum Gasteiger partial charge on any atom is 0.421 e. The Kier molecular flexibility index (Phi) is 6.68. The van der Waals surface area contributed by atoms with Crippen LogP contribution in [0.25, 0.3) is 11.1 Å². The Morgan fingerprint density at radius 2 is 1.97 bits per heavy atom. The van der Waals surface area contributed by atoms with Crippen LogP contribution in [0, 0.1) is 5.92 Å². The van der Waals surface area contributed by atoms with E-state index in [-0.39, 0.29) is 23.9 Å². The molecule has 0 aliphatic rings. The molecule has 2 heterocycles. The number of ether oxygens (including phenoxy) is 1. The molecular weight excluding hydrogens is 389 g/mol. The third-order valence-electron chi connectivity index (χ3n) is 3.90. The number of halogens is 3. The van der Waals surface area contributed by atoms with Crippen LogP contribution in [0.2, 0.25) is 0 Å². The van der Waals surface area contributed by atoms with Crippen LogP contribution in [0.4, 0.5) is 23.8 Å². The number of nitrogens with zero attached hydrogens (tertiary/aromatic N) is 2. The predicted octanol–water partition coefficient (Wildman–Crippen LogP) is 4.39. The average molecular weight is 412 g/mol. The molecule has 0 radical (unpaired) electrons. The number of carboxylic acid groups (broad SMARTS) is 1. The van der Waals surface area contributed by atoms with E-state index in [4.69, 9.17) is 15.6 Å². The lowest BCUT2D eigenvalue weighted by Crippen LogP contribution is -2.43. The van der Waals surface area contributed by atoms with Crippen LogP contribution in [0.3, 0.4) is 0 Å². The van der Waals surface area contributed by atoms with E-state index in [0.29, 0.717) is 12.0 Å². The first-order valence-electron chi connectivity index (χ1n) is 8.83. The van der Waals surface area contributed by atoms with Crippen molar-refractivity contribution in [1.29, 1.82) is 0 Å². The summed E-state index contributed by atoms with van der Waals surface area (Å²) in [6.07, 6.45) is -2.96. The molecule has 1 amide bonds. The van der Waals surface area contributed by atoms with Gasteiger partial charge in [0, 0.05) is 23.5 Å². The molecule has 29 heavy (non-hydrogen) atoms. The van der Waals surface area contributed by atoms with Crippen LogP contribution in [0.1, 0.15) is 32.8 Å². The second-order valence-corrected chi connectivity index (χ2v) is 7.48. The number of hydrogen-bond donors (Lipinski definition) is 3. The van der Waals surface area contributed by atoms with Crippen molar-refractivity contribution in [2.45, 2.75) is 38.9 Å². The van der Waals surface area contributed by atoms with Crippen molar-refractivity contribution in [2.75, 3.05) is 11.9 Å². The van der Waals surface area contributed by atoms with Crippen LogP contribution in [0.15, 0.2) is 30.6 Å². The van der Waals surface area contributed by atoms with Gasteiger partial charge in [-0.2, -0.15) is 13.2 Å². The molecule has 0 aliphatic heterocycles. The van der Waals surface area contributed by atoms with E-state index >= 15 is 0 Å². The SMILES string of the molecule is CC(C)CC(C)(N)COc1ncc(-c2ccnc(NC(=O)O)c2)cc1C(F)(F)F. The number of hydrogen-bond acceptors (Lipinski definition) is 5. The van der Waals surface area contributed by atoms with E-state index in [2.05, 4.69) is 9.97 Å². The smallest absolute Gasteiger partial charge is 0.421 e. The number of pyridine rings is 2. The molecule has 2 aromatic heterocycles. The molecule has 1 unspecified atom stereocenters. The Hall–Kier alpha value is -2.88. The summed E-state index contributed by atoms with van der Waals surface area (Å²) in [6, 6.07) is 3.66. The Morgan fingerprint density at radius 3 is 2.55 bits per heavy atom. The quantitative estimate of drug-likeness (QED) is 0.622. The summed E-state index contributed by atoms with van der Waals surface area (Å²) in [5.41, 5.74) is 4.71. The zero-order chi connectivity index (χ0) is 21.8. The molecule has 0 aromatic carbocycles. The highest BCUT2D eigenvalue weighted by Gasteiger charge is 2.36. The molecule has 1 atom stereocenters. The fourth-order valence-electron chi connectivity index (χ4n) is 2.94. The molecule has 0 spiro atoms. The minimum atomic E-state index is -4.70. The molecule has 0 saturated carbocycles. The van der Waals surface area contributed by atoms with Crippen molar-refractivity contribution in [3.63, 3.8) is 0 Å². The number of amides is 1. The van der Waals surface area contributed by atoms with Gasteiger partial charge in [0.1, 0.15) is 18.0 Å². The fourth-order valence-corrected chi connectivity index (χ4v) is 2.94. The van der Waals surface area contributed by atoms with E-state index in [1.54, 1.807) is 6.92 Å². The standard InChI is InChI=1S/C19H23F3N4O3/c1-11(2)8-18(3,23)10-29-16-14(19(20,21)22)6-13(9-25-16)12-4-5-24-15(7-12)26-17(27)28/h4-7,9,11H,8,10,23H2,1-3H3,(H,24,26)(H,27,28). The van der Waals surface area contributed by atoms with Crippen LogP contribution in [0.5, 0.6) is 5.88 Å². The first-order chi connectivity index (χ1) is 13.4. The van der Waals surface area contributed by atoms with Gasteiger partial charge in [0.05, 0.1) is 0 Å². The normalized spacial score (nSPS) is 13.8. The van der Waals surface area contributed by atoms with E-state index < -0.39 is 29.3 Å². The summed E-state index contributed by atoms with van der Waals surface area (Å²) in [5.74, 6) is -0.317. The first kappa shape index (κ1) is 22.4. The number of anilines is 1. The van der Waals surface area contributed by atoms with Crippen molar-refractivity contribution in [3.8, 4) is 17.0 Å². The van der Waals surface area contributed by atoms with Crippen molar-refractivity contribution in [1.82, 2.24) is 9.97 Å². The molecule has 0 saturated heterocycles. The molecule has 0 aliphatic carbocycles. The Morgan fingerprint density at radius 1 is 1.28 bits per heavy atom. The van der Waals surface area contributed by atoms with E-state index in [1.165, 1.54) is 24.5 Å². The third-order valence-corrected chi connectivity index (χ3v) is 3.90. The molecule has 4 N–H and O–H groups in total. The topological polar surface area (TPSA) is 110 Å². The van der Waals surface area contributed by atoms with Gasteiger partial charge in [-0.3, -0.25) is 5.32 Å². The van der Waals surface area contributed by atoms with Crippen molar-refractivity contribution >= 4 is 11.9 Å². The number of rotatable bonds is 7. The minimum Gasteiger partial charge on any atom is -0.475 e. The second-order valence-electron chi connectivity index (χ2n) is 7.48. The number of nitrogens with two attached hydrogens (primary N) is 1. The summed E-state index contributed by atoms with van der Waals surface area (Å²) in [7, 11) is 0. The van der Waals surface area contributed by atoms with Crippen molar-refractivity contribution in [2.24, 2.45) is 11.7 Å². The van der Waals surface area contributed by atoms with Gasteiger partial charge in [-0.25, -0.2) is 14.8 Å². The summed E-state index contributed by atoms with van der Waals surface area (Å²) in [4.78, 5) is 18.4. The summed E-state index contributed by atoms with van der Waals surface area (Å²) >= 11 is 0. The van der Waals surface area contributed by atoms with Gasteiger partial charge in [0.25, 0.3) is 0 Å². The van der Waals surface area contributed by atoms with Crippen LogP contribution in [-0.4, -0.2) is 33.3 Å². The number of nitrogens with one attached hydrogen (secondary N) is 1. The highest BCUT2D eigenvalue weighted by atomic mass is 19.4.